The number of carbonyl (C=O) groups excluding carboxylic acids is 2. The van der Waals surface area contributed by atoms with Crippen LogP contribution < -0.4 is 15.4 Å². The fourth-order valence-electron chi connectivity index (χ4n) is 6.76. The van der Waals surface area contributed by atoms with E-state index in [1.54, 1.807) is 0 Å². The van der Waals surface area contributed by atoms with Gasteiger partial charge in [-0.25, -0.2) is 17.5 Å². The van der Waals surface area contributed by atoms with E-state index in [1.165, 1.54) is 10.7 Å². The highest BCUT2D eigenvalue weighted by molar-refractivity contribution is 7.92. The number of hydrogen-bond acceptors (Lipinski definition) is 7. The summed E-state index contributed by atoms with van der Waals surface area (Å²) in [5.41, 5.74) is 2.03. The highest BCUT2D eigenvalue weighted by Gasteiger charge is 2.31. The number of ether oxygens (including phenoxy) is 2. The molecule has 0 radical (unpaired) electrons. The summed E-state index contributed by atoms with van der Waals surface area (Å²) in [5, 5.41) is 10.1. The van der Waals surface area contributed by atoms with Crippen LogP contribution >= 0.6 is 11.6 Å². The predicted molar refractivity (Wildman–Crippen MR) is 195 cm³/mol. The van der Waals surface area contributed by atoms with E-state index in [4.69, 9.17) is 21.1 Å². The van der Waals surface area contributed by atoms with Gasteiger partial charge in [0.25, 0.3) is 15.9 Å². The van der Waals surface area contributed by atoms with E-state index >= 15 is 0 Å². The second-order valence-electron chi connectivity index (χ2n) is 13.2. The minimum Gasteiger partial charge on any atom is -0.371 e. The summed E-state index contributed by atoms with van der Waals surface area (Å²) >= 11 is 6.06. The summed E-state index contributed by atoms with van der Waals surface area (Å²) in [6.45, 7) is 0.452. The molecule has 4 aromatic rings. The van der Waals surface area contributed by atoms with Crippen molar-refractivity contribution >= 4 is 39.3 Å². The Hall–Kier alpha value is -4.30. The quantitative estimate of drug-likeness (QED) is 0.136. The highest BCUT2D eigenvalue weighted by Crippen LogP contribution is 2.27. The van der Waals surface area contributed by atoms with Crippen molar-refractivity contribution in [2.75, 3.05) is 4.72 Å². The lowest BCUT2D eigenvalue weighted by molar-refractivity contribution is -0.124. The van der Waals surface area contributed by atoms with Gasteiger partial charge in [-0.2, -0.15) is 5.10 Å². The molecule has 2 aliphatic carbocycles. The van der Waals surface area contributed by atoms with Crippen molar-refractivity contribution < 1.29 is 31.9 Å². The molecule has 1 heterocycles. The van der Waals surface area contributed by atoms with E-state index < -0.39 is 27.7 Å². The Morgan fingerprint density at radius 3 is 1.92 bits per heavy atom. The number of anilines is 1. The molecule has 3 aromatic carbocycles. The second-order valence-corrected chi connectivity index (χ2v) is 15.3. The zero-order chi connectivity index (χ0) is 36.5. The number of hydrogen-bond donors (Lipinski definition) is 3. The predicted octanol–water partition coefficient (Wildman–Crippen LogP) is 6.38. The van der Waals surface area contributed by atoms with E-state index in [1.807, 2.05) is 60.7 Å². The van der Waals surface area contributed by atoms with E-state index in [-0.39, 0.29) is 52.3 Å². The topological polar surface area (TPSA) is 141 Å². The van der Waals surface area contributed by atoms with Gasteiger partial charge in [0.05, 0.1) is 42.5 Å². The van der Waals surface area contributed by atoms with E-state index in [0.29, 0.717) is 19.6 Å². The first-order valence-electron chi connectivity index (χ1n) is 17.6. The van der Waals surface area contributed by atoms with E-state index in [2.05, 4.69) is 20.5 Å². The molecule has 11 nitrogen and oxygen atoms in total. The minimum atomic E-state index is -4.34. The molecule has 3 N–H and O–H groups in total. The Balaban J connectivity index is 1.19. The molecule has 0 saturated heterocycles. The molecule has 6 rings (SSSR count). The van der Waals surface area contributed by atoms with Gasteiger partial charge in [0.2, 0.25) is 5.91 Å². The summed E-state index contributed by atoms with van der Waals surface area (Å²) in [4.78, 5) is 27.1. The number of halogens is 2. The molecule has 0 aliphatic heterocycles. The van der Waals surface area contributed by atoms with Crippen molar-refractivity contribution in [2.45, 2.75) is 100 Å². The molecule has 0 spiro atoms. The summed E-state index contributed by atoms with van der Waals surface area (Å²) in [5.74, 6) is -1.85. The molecule has 2 aliphatic rings. The van der Waals surface area contributed by atoms with Crippen LogP contribution in [0.1, 0.15) is 73.0 Å². The van der Waals surface area contributed by atoms with Gasteiger partial charge in [0.1, 0.15) is 23.0 Å². The molecule has 0 bridgehead atoms. The van der Waals surface area contributed by atoms with Crippen LogP contribution in [-0.2, 0) is 44.1 Å². The molecule has 14 heteroatoms. The Morgan fingerprint density at radius 1 is 0.788 bits per heavy atom. The first-order valence-corrected chi connectivity index (χ1v) is 19.5. The fraction of sp³-hybridized carbons (Fsp3) is 0.395. The minimum absolute atomic E-state index is 0.0223. The van der Waals surface area contributed by atoms with Crippen LogP contribution in [0.3, 0.4) is 0 Å². The zero-order valence-electron chi connectivity index (χ0n) is 28.7. The second kappa shape index (κ2) is 17.5. The SMILES string of the molecule is O=C(Cn1nc(NS(=O)(=O)c2ccc(F)cc2Cl)cc1C(=O)N[C@H]1CCCC[C@@H]1OCc1ccccc1)N[C@H]1CCCC[C@@H]1OCc1ccccc1. The van der Waals surface area contributed by atoms with E-state index in [0.717, 1.165) is 74.3 Å². The van der Waals surface area contributed by atoms with Crippen molar-refractivity contribution in [3.8, 4) is 0 Å². The van der Waals surface area contributed by atoms with Gasteiger partial charge in [-0.05, 0) is 55.0 Å². The van der Waals surface area contributed by atoms with Crippen LogP contribution in [0.5, 0.6) is 0 Å². The lowest BCUT2D eigenvalue weighted by atomic mass is 9.92. The third-order valence-electron chi connectivity index (χ3n) is 9.41. The molecule has 2 saturated carbocycles. The number of nitrogens with zero attached hydrogens (tertiary/aromatic N) is 2. The summed E-state index contributed by atoms with van der Waals surface area (Å²) in [7, 11) is -4.34. The Kier molecular flexibility index (Phi) is 12.6. The Morgan fingerprint density at radius 2 is 1.35 bits per heavy atom. The summed E-state index contributed by atoms with van der Waals surface area (Å²) in [6, 6.07) is 23.2. The molecular formula is C38H43ClFN5O6S. The smallest absolute Gasteiger partial charge is 0.269 e. The molecule has 276 valence electrons. The van der Waals surface area contributed by atoms with Crippen LogP contribution in [0.4, 0.5) is 10.2 Å². The number of benzene rings is 3. The Bertz CT molecular complexity index is 1930. The van der Waals surface area contributed by atoms with Gasteiger partial charge in [0, 0.05) is 6.07 Å². The van der Waals surface area contributed by atoms with Gasteiger partial charge in [-0.3, -0.25) is 14.3 Å². The number of sulfonamides is 1. The summed E-state index contributed by atoms with van der Waals surface area (Å²) < 4.78 is 56.2. The third kappa shape index (κ3) is 9.97. The van der Waals surface area contributed by atoms with Crippen molar-refractivity contribution in [2.24, 2.45) is 0 Å². The molecule has 1 aromatic heterocycles. The molecule has 0 unspecified atom stereocenters. The van der Waals surface area contributed by atoms with Gasteiger partial charge in [0.15, 0.2) is 5.82 Å². The van der Waals surface area contributed by atoms with Crippen LogP contribution in [0, 0.1) is 5.82 Å². The van der Waals surface area contributed by atoms with Gasteiger partial charge in [-0.1, -0.05) is 97.9 Å². The van der Waals surface area contributed by atoms with E-state index in [9.17, 15) is 22.4 Å². The van der Waals surface area contributed by atoms with Crippen molar-refractivity contribution in [1.29, 1.82) is 0 Å². The molecule has 52 heavy (non-hydrogen) atoms. The van der Waals surface area contributed by atoms with Gasteiger partial charge < -0.3 is 20.1 Å². The maximum atomic E-state index is 13.9. The summed E-state index contributed by atoms with van der Waals surface area (Å²) in [6.07, 6.45) is 6.30. The zero-order valence-corrected chi connectivity index (χ0v) is 30.3. The van der Waals surface area contributed by atoms with Gasteiger partial charge >= 0.3 is 0 Å². The monoisotopic (exact) mass is 751 g/mol. The maximum Gasteiger partial charge on any atom is 0.269 e. The number of rotatable bonds is 14. The average Bonchev–Trinajstić information content (AvgIpc) is 3.52. The largest absolute Gasteiger partial charge is 0.371 e. The van der Waals surface area contributed by atoms with Crippen molar-refractivity contribution in [3.63, 3.8) is 0 Å². The van der Waals surface area contributed by atoms with Crippen molar-refractivity contribution in [3.05, 3.63) is 113 Å². The number of aromatic nitrogens is 2. The maximum absolute atomic E-state index is 13.9. The van der Waals surface area contributed by atoms with Gasteiger partial charge in [-0.15, -0.1) is 0 Å². The first-order chi connectivity index (χ1) is 25.1. The molecule has 2 amide bonds. The molecular weight excluding hydrogens is 709 g/mol. The van der Waals surface area contributed by atoms with Crippen LogP contribution in [0.2, 0.25) is 5.02 Å². The number of amides is 2. The standard InChI is InChI=1S/C38H43ClFN5O6S/c39-29-21-28(40)19-20-35(29)52(48,49)44-36-22-32(38(47)42-31-16-8-10-18-34(31)51-25-27-13-5-2-6-14-27)45(43-36)23-37(46)41-30-15-7-9-17-33(30)50-24-26-11-3-1-4-12-26/h1-6,11-14,19-22,30-31,33-34H,7-10,15-18,23-25H2,(H,41,46)(H,42,47)(H,43,44)/t30-,31-,33-,34-/m0/s1. The lowest BCUT2D eigenvalue weighted by Gasteiger charge is -2.32. The normalized spacial score (nSPS) is 20.6. The highest BCUT2D eigenvalue weighted by atomic mass is 35.5. The molecule has 4 atom stereocenters. The van der Waals surface area contributed by atoms with Crippen LogP contribution in [0.25, 0.3) is 0 Å². The Labute approximate surface area is 308 Å². The third-order valence-corrected chi connectivity index (χ3v) is 11.2. The fourth-order valence-corrected chi connectivity index (χ4v) is 8.28. The average molecular weight is 752 g/mol. The van der Waals surface area contributed by atoms with Crippen molar-refractivity contribution in [1.82, 2.24) is 20.4 Å². The van der Waals surface area contributed by atoms with Crippen LogP contribution in [-0.4, -0.2) is 54.3 Å². The number of nitrogens with one attached hydrogen (secondary N) is 3. The van der Waals surface area contributed by atoms with Crippen LogP contribution in [0.15, 0.2) is 89.8 Å². The lowest BCUT2D eigenvalue weighted by Crippen LogP contribution is -2.48. The molecule has 2 fully saturated rings. The first kappa shape index (κ1) is 37.5. The number of carbonyl (C=O) groups is 2.